The van der Waals surface area contributed by atoms with Crippen molar-refractivity contribution in [1.29, 1.82) is 0 Å². The maximum absolute atomic E-state index is 12.3. The van der Waals surface area contributed by atoms with Gasteiger partial charge in [-0.3, -0.25) is 4.79 Å². The summed E-state index contributed by atoms with van der Waals surface area (Å²) in [6, 6.07) is -0.793. The Morgan fingerprint density at radius 2 is 0.976 bits per heavy atom. The summed E-state index contributed by atoms with van der Waals surface area (Å²) in [4.78, 5) is 12.3. The molecule has 0 aliphatic heterocycles. The molecule has 0 aliphatic rings. The molecule has 242 valence electrons. The van der Waals surface area contributed by atoms with Crippen molar-refractivity contribution in [1.82, 2.24) is 5.32 Å². The predicted molar refractivity (Wildman–Crippen MR) is 176 cm³/mol. The number of aliphatic hydroxyl groups is 3. The molecule has 0 spiro atoms. The van der Waals surface area contributed by atoms with Crippen LogP contribution >= 0.6 is 0 Å². The van der Waals surface area contributed by atoms with E-state index in [1.54, 1.807) is 6.08 Å². The van der Waals surface area contributed by atoms with E-state index in [1.165, 1.54) is 122 Å². The van der Waals surface area contributed by atoms with Crippen LogP contribution in [0, 0.1) is 0 Å². The smallest absolute Gasteiger partial charge is 0.249 e. The standard InChI is InChI=1S/C36H69NO4/c1-3-5-7-9-11-13-14-15-16-17-18-19-20-21-23-25-27-29-31-35(40)36(41)37-33(32-38)34(39)30-28-26-24-22-12-10-8-6-4-2/h15-16,28,30,33-35,38-40H,3-14,17-27,29,31-32H2,1-2H3,(H,37,41)/b16-15-,30-28+/t33-,34+,35?/m0/s1. The summed E-state index contributed by atoms with van der Waals surface area (Å²) in [6.45, 7) is 4.12. The fraction of sp³-hybridized carbons (Fsp3) is 0.861. The molecule has 0 rings (SSSR count). The van der Waals surface area contributed by atoms with E-state index in [-0.39, 0.29) is 6.61 Å². The number of unbranched alkanes of at least 4 members (excludes halogenated alkanes) is 21. The third kappa shape index (κ3) is 27.4. The van der Waals surface area contributed by atoms with E-state index in [2.05, 4.69) is 31.3 Å². The van der Waals surface area contributed by atoms with Gasteiger partial charge >= 0.3 is 0 Å². The summed E-state index contributed by atoms with van der Waals surface area (Å²) in [7, 11) is 0. The second kappa shape index (κ2) is 31.8. The van der Waals surface area contributed by atoms with Crippen LogP contribution in [-0.4, -0.2) is 46.1 Å². The molecular formula is C36H69NO4. The maximum Gasteiger partial charge on any atom is 0.249 e. The van der Waals surface area contributed by atoms with Crippen molar-refractivity contribution in [2.24, 2.45) is 0 Å². The van der Waals surface area contributed by atoms with Gasteiger partial charge in [-0.1, -0.05) is 154 Å². The Labute approximate surface area is 254 Å². The molecule has 0 aromatic rings. The van der Waals surface area contributed by atoms with Crippen LogP contribution in [0.1, 0.15) is 174 Å². The zero-order valence-corrected chi connectivity index (χ0v) is 27.2. The topological polar surface area (TPSA) is 89.8 Å². The van der Waals surface area contributed by atoms with Gasteiger partial charge in [-0.15, -0.1) is 0 Å². The van der Waals surface area contributed by atoms with Gasteiger partial charge in [0.2, 0.25) is 5.91 Å². The lowest BCUT2D eigenvalue weighted by Gasteiger charge is -2.21. The Morgan fingerprint density at radius 3 is 1.41 bits per heavy atom. The molecule has 0 fully saturated rings. The van der Waals surface area contributed by atoms with Gasteiger partial charge in [0.25, 0.3) is 0 Å². The fourth-order valence-electron chi connectivity index (χ4n) is 5.18. The first kappa shape index (κ1) is 39.8. The zero-order valence-electron chi connectivity index (χ0n) is 27.2. The summed E-state index contributed by atoms with van der Waals surface area (Å²) in [6.07, 6.45) is 36.2. The van der Waals surface area contributed by atoms with E-state index in [0.717, 1.165) is 32.1 Å². The molecule has 0 aliphatic carbocycles. The van der Waals surface area contributed by atoms with Crippen molar-refractivity contribution in [3.8, 4) is 0 Å². The molecule has 1 amide bonds. The molecular weight excluding hydrogens is 510 g/mol. The highest BCUT2D eigenvalue weighted by atomic mass is 16.3. The average molecular weight is 580 g/mol. The number of nitrogens with one attached hydrogen (secondary N) is 1. The number of carbonyl (C=O) groups excluding carboxylic acids is 1. The van der Waals surface area contributed by atoms with Gasteiger partial charge in [-0.05, 0) is 44.9 Å². The van der Waals surface area contributed by atoms with Crippen LogP contribution in [0.25, 0.3) is 0 Å². The molecule has 0 radical (unpaired) electrons. The Hall–Kier alpha value is -1.17. The third-order valence-corrected chi connectivity index (χ3v) is 8.04. The number of hydrogen-bond donors (Lipinski definition) is 4. The normalized spacial score (nSPS) is 14.2. The number of carbonyl (C=O) groups is 1. The molecule has 0 aromatic carbocycles. The van der Waals surface area contributed by atoms with Crippen LogP contribution < -0.4 is 5.32 Å². The summed E-state index contributed by atoms with van der Waals surface area (Å²) < 4.78 is 0. The Kier molecular flexibility index (Phi) is 30.9. The molecule has 5 heteroatoms. The van der Waals surface area contributed by atoms with Crippen molar-refractivity contribution >= 4 is 5.91 Å². The SMILES string of the molecule is CCCCCCCC/C=C\CCCCCCCCCCC(O)C(=O)N[C@@H](CO)[C@H](O)/C=C/CCCCCCCCC. The van der Waals surface area contributed by atoms with Crippen LogP contribution in [0.4, 0.5) is 0 Å². The van der Waals surface area contributed by atoms with Gasteiger partial charge in [-0.25, -0.2) is 0 Å². The third-order valence-electron chi connectivity index (χ3n) is 8.04. The summed E-state index contributed by atoms with van der Waals surface area (Å²) >= 11 is 0. The number of rotatable bonds is 31. The van der Waals surface area contributed by atoms with Crippen molar-refractivity contribution < 1.29 is 20.1 Å². The first-order valence-corrected chi connectivity index (χ1v) is 17.7. The second-order valence-corrected chi connectivity index (χ2v) is 12.1. The van der Waals surface area contributed by atoms with E-state index in [4.69, 9.17) is 0 Å². The molecule has 0 saturated heterocycles. The molecule has 3 atom stereocenters. The number of allylic oxidation sites excluding steroid dienone is 3. The highest BCUT2D eigenvalue weighted by Gasteiger charge is 2.22. The van der Waals surface area contributed by atoms with Gasteiger partial charge in [-0.2, -0.15) is 0 Å². The highest BCUT2D eigenvalue weighted by molar-refractivity contribution is 5.80. The largest absolute Gasteiger partial charge is 0.394 e. The Morgan fingerprint density at radius 1 is 0.585 bits per heavy atom. The van der Waals surface area contributed by atoms with E-state index >= 15 is 0 Å². The van der Waals surface area contributed by atoms with Gasteiger partial charge < -0.3 is 20.6 Å². The minimum absolute atomic E-state index is 0.364. The van der Waals surface area contributed by atoms with Crippen LogP contribution in [-0.2, 0) is 4.79 Å². The minimum atomic E-state index is -1.10. The Bertz CT molecular complexity index is 606. The quantitative estimate of drug-likeness (QED) is 0.0487. The first-order chi connectivity index (χ1) is 20.1. The van der Waals surface area contributed by atoms with Gasteiger partial charge in [0.15, 0.2) is 0 Å². The van der Waals surface area contributed by atoms with Gasteiger partial charge in [0.05, 0.1) is 18.8 Å². The van der Waals surface area contributed by atoms with Crippen molar-refractivity contribution in [3.05, 3.63) is 24.3 Å². The van der Waals surface area contributed by atoms with Crippen LogP contribution in [0.15, 0.2) is 24.3 Å². The monoisotopic (exact) mass is 580 g/mol. The minimum Gasteiger partial charge on any atom is -0.394 e. The summed E-state index contributed by atoms with van der Waals surface area (Å²) in [5.74, 6) is -0.510. The maximum atomic E-state index is 12.3. The lowest BCUT2D eigenvalue weighted by molar-refractivity contribution is -0.131. The number of hydrogen-bond acceptors (Lipinski definition) is 4. The molecule has 4 N–H and O–H groups in total. The number of amides is 1. The zero-order chi connectivity index (χ0) is 30.2. The first-order valence-electron chi connectivity index (χ1n) is 17.7. The lowest BCUT2D eigenvalue weighted by Crippen LogP contribution is -2.48. The van der Waals surface area contributed by atoms with Crippen LogP contribution in [0.3, 0.4) is 0 Å². The fourth-order valence-corrected chi connectivity index (χ4v) is 5.18. The van der Waals surface area contributed by atoms with Crippen molar-refractivity contribution in [2.75, 3.05) is 6.61 Å². The molecule has 0 bridgehead atoms. The molecule has 0 saturated carbocycles. The van der Waals surface area contributed by atoms with E-state index < -0.39 is 24.2 Å². The second-order valence-electron chi connectivity index (χ2n) is 12.1. The van der Waals surface area contributed by atoms with Gasteiger partial charge in [0.1, 0.15) is 6.10 Å². The van der Waals surface area contributed by atoms with Crippen LogP contribution in [0.5, 0.6) is 0 Å². The Balaban J connectivity index is 3.71. The van der Waals surface area contributed by atoms with Crippen molar-refractivity contribution in [3.63, 3.8) is 0 Å². The van der Waals surface area contributed by atoms with Gasteiger partial charge in [0, 0.05) is 0 Å². The molecule has 1 unspecified atom stereocenters. The van der Waals surface area contributed by atoms with E-state index in [9.17, 15) is 20.1 Å². The molecule has 0 heterocycles. The molecule has 0 aromatic heterocycles. The average Bonchev–Trinajstić information content (AvgIpc) is 2.98. The highest BCUT2D eigenvalue weighted by Crippen LogP contribution is 2.13. The van der Waals surface area contributed by atoms with E-state index in [0.29, 0.717) is 6.42 Å². The van der Waals surface area contributed by atoms with E-state index in [1.807, 2.05) is 6.08 Å². The predicted octanol–water partition coefficient (Wildman–Crippen LogP) is 9.09. The molecule has 41 heavy (non-hydrogen) atoms. The summed E-state index contributed by atoms with van der Waals surface area (Å²) in [5, 5.41) is 32.8. The summed E-state index contributed by atoms with van der Waals surface area (Å²) in [5.41, 5.74) is 0. The number of aliphatic hydroxyl groups excluding tert-OH is 3. The lowest BCUT2D eigenvalue weighted by atomic mass is 10.0. The van der Waals surface area contributed by atoms with Crippen molar-refractivity contribution in [2.45, 2.75) is 193 Å². The van der Waals surface area contributed by atoms with Crippen LogP contribution in [0.2, 0.25) is 0 Å². The molecule has 5 nitrogen and oxygen atoms in total.